The van der Waals surface area contributed by atoms with Crippen molar-refractivity contribution in [2.75, 3.05) is 31.9 Å². The fraction of sp³-hybridized carbons (Fsp3) is 0.588. The number of nitrogens with one attached hydrogen (secondary N) is 1. The molecule has 2 rings (SSSR count). The summed E-state index contributed by atoms with van der Waals surface area (Å²) in [5.74, 6) is -0.282. The summed E-state index contributed by atoms with van der Waals surface area (Å²) in [7, 11) is -3.26. The van der Waals surface area contributed by atoms with Crippen LogP contribution in [0, 0.1) is 6.92 Å². The van der Waals surface area contributed by atoms with Crippen LogP contribution in [0.4, 0.5) is 0 Å². The Morgan fingerprint density at radius 1 is 1.22 bits per heavy atom. The number of rotatable bonds is 8. The highest BCUT2D eigenvalue weighted by molar-refractivity contribution is 7.90. The van der Waals surface area contributed by atoms with Crippen LogP contribution in [0.15, 0.2) is 24.3 Å². The van der Waals surface area contributed by atoms with Crippen molar-refractivity contribution in [3.05, 3.63) is 35.4 Å². The number of benzene rings is 1. The highest BCUT2D eigenvalue weighted by atomic mass is 32.2. The number of hydrogen-bond acceptors (Lipinski definition) is 4. The quantitative estimate of drug-likeness (QED) is 0.780. The van der Waals surface area contributed by atoms with E-state index in [9.17, 15) is 13.2 Å². The van der Waals surface area contributed by atoms with Crippen LogP contribution in [0.2, 0.25) is 0 Å². The molecule has 0 bridgehead atoms. The fourth-order valence-electron chi connectivity index (χ4n) is 2.78. The molecule has 0 aliphatic carbocycles. The maximum Gasteiger partial charge on any atom is 0.221 e. The Morgan fingerprint density at radius 3 is 2.61 bits per heavy atom. The molecule has 0 saturated carbocycles. The molecule has 23 heavy (non-hydrogen) atoms. The number of carbonyl (C=O) groups excluding carboxylic acids is 1. The summed E-state index contributed by atoms with van der Waals surface area (Å²) in [6, 6.07) is 7.45. The Kier molecular flexibility index (Phi) is 6.59. The van der Waals surface area contributed by atoms with Crippen LogP contribution in [-0.4, -0.2) is 51.2 Å². The molecule has 0 radical (unpaired) electrons. The van der Waals surface area contributed by atoms with Gasteiger partial charge in [-0.05, 0) is 44.0 Å². The highest BCUT2D eigenvalue weighted by Gasteiger charge is 2.16. The molecule has 0 spiro atoms. The maximum atomic E-state index is 12.2. The third kappa shape index (κ3) is 6.31. The van der Waals surface area contributed by atoms with E-state index in [1.165, 1.54) is 12.8 Å². The van der Waals surface area contributed by atoms with Gasteiger partial charge >= 0.3 is 0 Å². The fourth-order valence-corrected chi connectivity index (χ4v) is 4.22. The van der Waals surface area contributed by atoms with Crippen LogP contribution in [0.25, 0.3) is 0 Å². The first-order chi connectivity index (χ1) is 11.0. The first-order valence-corrected chi connectivity index (χ1v) is 10.0. The zero-order valence-corrected chi connectivity index (χ0v) is 14.6. The number of hydrogen-bond donors (Lipinski definition) is 1. The number of carbonyl (C=O) groups is 1. The molecule has 0 unspecified atom stereocenters. The van der Waals surface area contributed by atoms with Crippen LogP contribution in [0.5, 0.6) is 0 Å². The molecule has 1 heterocycles. The normalized spacial score (nSPS) is 15.7. The largest absolute Gasteiger partial charge is 0.355 e. The van der Waals surface area contributed by atoms with Gasteiger partial charge in [0, 0.05) is 19.5 Å². The van der Waals surface area contributed by atoms with Crippen LogP contribution in [0.3, 0.4) is 0 Å². The van der Waals surface area contributed by atoms with E-state index in [-0.39, 0.29) is 23.8 Å². The second kappa shape index (κ2) is 8.45. The van der Waals surface area contributed by atoms with Crippen LogP contribution in [-0.2, 0) is 20.4 Å². The van der Waals surface area contributed by atoms with Crippen molar-refractivity contribution in [3.63, 3.8) is 0 Å². The number of amides is 1. The third-order valence-electron chi connectivity index (χ3n) is 4.23. The van der Waals surface area contributed by atoms with Crippen LogP contribution < -0.4 is 5.32 Å². The van der Waals surface area contributed by atoms with Gasteiger partial charge in [-0.2, -0.15) is 0 Å². The van der Waals surface area contributed by atoms with E-state index in [1.807, 2.05) is 31.2 Å². The molecule has 6 heteroatoms. The lowest BCUT2D eigenvalue weighted by molar-refractivity contribution is -0.120. The molecule has 1 amide bonds. The van der Waals surface area contributed by atoms with E-state index in [0.29, 0.717) is 6.54 Å². The van der Waals surface area contributed by atoms with Gasteiger partial charge in [-0.15, -0.1) is 0 Å². The number of likely N-dealkylation sites (tertiary alicyclic amines) is 1. The van der Waals surface area contributed by atoms with Crippen molar-refractivity contribution in [1.82, 2.24) is 10.2 Å². The summed E-state index contributed by atoms with van der Waals surface area (Å²) in [5, 5.41) is 2.81. The van der Waals surface area contributed by atoms with Gasteiger partial charge < -0.3 is 10.2 Å². The molecule has 1 aromatic carbocycles. The zero-order valence-electron chi connectivity index (χ0n) is 13.8. The lowest BCUT2D eigenvalue weighted by atomic mass is 10.1. The third-order valence-corrected chi connectivity index (χ3v) is 5.80. The van der Waals surface area contributed by atoms with Gasteiger partial charge in [0.05, 0.1) is 11.5 Å². The average molecular weight is 338 g/mol. The van der Waals surface area contributed by atoms with E-state index < -0.39 is 9.84 Å². The molecular weight excluding hydrogens is 312 g/mol. The van der Waals surface area contributed by atoms with Gasteiger partial charge in [0.15, 0.2) is 9.84 Å². The molecule has 128 valence electrons. The molecule has 1 fully saturated rings. The molecule has 0 aromatic heterocycles. The first-order valence-electron chi connectivity index (χ1n) is 8.20. The topological polar surface area (TPSA) is 66.5 Å². The maximum absolute atomic E-state index is 12.2. The number of sulfone groups is 1. The van der Waals surface area contributed by atoms with Crippen molar-refractivity contribution in [3.8, 4) is 0 Å². The van der Waals surface area contributed by atoms with E-state index in [0.717, 1.165) is 30.8 Å². The Bertz CT molecular complexity index is 622. The number of nitrogens with zero attached hydrogens (tertiary/aromatic N) is 1. The van der Waals surface area contributed by atoms with Crippen LogP contribution in [0.1, 0.15) is 30.4 Å². The molecule has 1 saturated heterocycles. The molecule has 1 aliphatic rings. The SMILES string of the molecule is Cc1ccccc1CS(=O)(=O)CCC(=O)NCCN1CCCC1. The molecule has 1 N–H and O–H groups in total. The van der Waals surface area contributed by atoms with E-state index in [2.05, 4.69) is 10.2 Å². The highest BCUT2D eigenvalue weighted by Crippen LogP contribution is 2.12. The molecule has 1 aliphatic heterocycles. The Morgan fingerprint density at radius 2 is 1.91 bits per heavy atom. The molecule has 5 nitrogen and oxygen atoms in total. The van der Waals surface area contributed by atoms with Gasteiger partial charge in [-0.3, -0.25) is 4.79 Å². The summed E-state index contributed by atoms with van der Waals surface area (Å²) < 4.78 is 24.3. The Hall–Kier alpha value is -1.40. The van der Waals surface area contributed by atoms with E-state index in [4.69, 9.17) is 0 Å². The lowest BCUT2D eigenvalue weighted by Gasteiger charge is -2.14. The minimum absolute atomic E-state index is 0.000725. The summed E-state index contributed by atoms with van der Waals surface area (Å²) in [6.07, 6.45) is 2.49. The zero-order chi connectivity index (χ0) is 16.7. The average Bonchev–Trinajstić information content (AvgIpc) is 3.01. The van der Waals surface area contributed by atoms with Crippen LogP contribution >= 0.6 is 0 Å². The summed E-state index contributed by atoms with van der Waals surface area (Å²) in [4.78, 5) is 14.1. The Balaban J connectivity index is 1.71. The van der Waals surface area contributed by atoms with Crippen molar-refractivity contribution in [2.24, 2.45) is 0 Å². The molecule has 0 atom stereocenters. The first kappa shape index (κ1) is 17.9. The summed E-state index contributed by atoms with van der Waals surface area (Å²) in [6.45, 7) is 5.54. The van der Waals surface area contributed by atoms with Gasteiger partial charge in [0.2, 0.25) is 5.91 Å². The van der Waals surface area contributed by atoms with Gasteiger partial charge in [0.1, 0.15) is 0 Å². The monoisotopic (exact) mass is 338 g/mol. The van der Waals surface area contributed by atoms with Crippen molar-refractivity contribution >= 4 is 15.7 Å². The van der Waals surface area contributed by atoms with Gasteiger partial charge in [-0.1, -0.05) is 24.3 Å². The molecule has 1 aromatic rings. The van der Waals surface area contributed by atoms with Crippen molar-refractivity contribution in [2.45, 2.75) is 31.9 Å². The van der Waals surface area contributed by atoms with Gasteiger partial charge in [0.25, 0.3) is 0 Å². The predicted octanol–water partition coefficient (Wildman–Crippen LogP) is 1.51. The predicted molar refractivity (Wildman–Crippen MR) is 92.0 cm³/mol. The lowest BCUT2D eigenvalue weighted by Crippen LogP contribution is -2.34. The van der Waals surface area contributed by atoms with E-state index in [1.54, 1.807) is 0 Å². The summed E-state index contributed by atoms with van der Waals surface area (Å²) >= 11 is 0. The van der Waals surface area contributed by atoms with Crippen molar-refractivity contribution in [1.29, 1.82) is 0 Å². The standard InChI is InChI=1S/C17H26N2O3S/c1-15-6-2-3-7-16(15)14-23(21,22)13-8-17(20)18-9-12-19-10-4-5-11-19/h2-3,6-7H,4-5,8-14H2,1H3,(H,18,20). The van der Waals surface area contributed by atoms with Crippen molar-refractivity contribution < 1.29 is 13.2 Å². The number of aryl methyl sites for hydroxylation is 1. The van der Waals surface area contributed by atoms with E-state index >= 15 is 0 Å². The minimum atomic E-state index is -3.26. The van der Waals surface area contributed by atoms with Gasteiger partial charge in [-0.25, -0.2) is 8.42 Å². The molecular formula is C17H26N2O3S. The minimum Gasteiger partial charge on any atom is -0.355 e. The second-order valence-corrected chi connectivity index (χ2v) is 8.35. The Labute approximate surface area is 139 Å². The smallest absolute Gasteiger partial charge is 0.221 e. The second-order valence-electron chi connectivity index (χ2n) is 6.17. The summed E-state index contributed by atoms with van der Waals surface area (Å²) in [5.41, 5.74) is 1.77.